The zero-order valence-corrected chi connectivity index (χ0v) is 13.1. The first-order valence-corrected chi connectivity index (χ1v) is 7.74. The van der Waals surface area contributed by atoms with Gasteiger partial charge in [-0.3, -0.25) is 4.90 Å². The number of hydrogen-bond donors (Lipinski definition) is 0. The fourth-order valence-electron chi connectivity index (χ4n) is 2.76. The van der Waals surface area contributed by atoms with E-state index in [4.69, 9.17) is 11.6 Å². The van der Waals surface area contributed by atoms with Crippen molar-refractivity contribution in [2.75, 3.05) is 31.1 Å². The Bertz CT molecular complexity index is 606. The normalized spacial score (nSPS) is 16.2. The molecule has 4 heteroatoms. The lowest BCUT2D eigenvalue weighted by Gasteiger charge is -2.36. The van der Waals surface area contributed by atoms with E-state index in [0.29, 0.717) is 5.15 Å². The molecule has 0 N–H and O–H groups in total. The van der Waals surface area contributed by atoms with Gasteiger partial charge in [-0.1, -0.05) is 29.8 Å². The largest absolute Gasteiger partial charge is 0.369 e. The molecule has 2 aromatic rings. The monoisotopic (exact) mass is 301 g/mol. The van der Waals surface area contributed by atoms with E-state index < -0.39 is 0 Å². The Kier molecular flexibility index (Phi) is 4.42. The standard InChI is InChI=1S/C17H20ClN3/c1-14-4-2-6-16(12-14)21-10-8-20(9-11-21)13-15-5-3-7-17(18)19-15/h2-7,12H,8-11,13H2,1H3. The van der Waals surface area contributed by atoms with Crippen molar-refractivity contribution < 1.29 is 0 Å². The van der Waals surface area contributed by atoms with E-state index in [0.717, 1.165) is 38.4 Å². The van der Waals surface area contributed by atoms with Crippen molar-refractivity contribution in [1.29, 1.82) is 0 Å². The zero-order chi connectivity index (χ0) is 14.7. The van der Waals surface area contributed by atoms with Crippen LogP contribution in [-0.2, 0) is 6.54 Å². The highest BCUT2D eigenvalue weighted by Gasteiger charge is 2.17. The molecule has 1 saturated heterocycles. The molecule has 0 saturated carbocycles. The molecular formula is C17H20ClN3. The van der Waals surface area contributed by atoms with Crippen molar-refractivity contribution in [2.24, 2.45) is 0 Å². The van der Waals surface area contributed by atoms with E-state index >= 15 is 0 Å². The van der Waals surface area contributed by atoms with Crippen molar-refractivity contribution in [2.45, 2.75) is 13.5 Å². The molecule has 110 valence electrons. The summed E-state index contributed by atoms with van der Waals surface area (Å²) in [6, 6.07) is 14.6. The number of benzene rings is 1. The Balaban J connectivity index is 1.58. The summed E-state index contributed by atoms with van der Waals surface area (Å²) in [5, 5.41) is 0.575. The predicted octanol–water partition coefficient (Wildman–Crippen LogP) is 3.37. The number of aryl methyl sites for hydroxylation is 1. The van der Waals surface area contributed by atoms with Crippen LogP contribution in [0.25, 0.3) is 0 Å². The summed E-state index contributed by atoms with van der Waals surface area (Å²) in [5.41, 5.74) is 3.69. The summed E-state index contributed by atoms with van der Waals surface area (Å²) in [4.78, 5) is 9.25. The van der Waals surface area contributed by atoms with Crippen molar-refractivity contribution in [3.05, 3.63) is 58.9 Å². The van der Waals surface area contributed by atoms with Gasteiger partial charge in [0.1, 0.15) is 5.15 Å². The lowest BCUT2D eigenvalue weighted by Crippen LogP contribution is -2.46. The molecule has 21 heavy (non-hydrogen) atoms. The number of rotatable bonds is 3. The minimum atomic E-state index is 0.575. The lowest BCUT2D eigenvalue weighted by molar-refractivity contribution is 0.247. The highest BCUT2D eigenvalue weighted by atomic mass is 35.5. The Morgan fingerprint density at radius 2 is 1.81 bits per heavy atom. The zero-order valence-electron chi connectivity index (χ0n) is 12.3. The van der Waals surface area contributed by atoms with E-state index in [-0.39, 0.29) is 0 Å². The van der Waals surface area contributed by atoms with Crippen LogP contribution in [0.2, 0.25) is 5.15 Å². The van der Waals surface area contributed by atoms with Crippen molar-refractivity contribution >= 4 is 17.3 Å². The van der Waals surface area contributed by atoms with Gasteiger partial charge in [0.2, 0.25) is 0 Å². The van der Waals surface area contributed by atoms with Gasteiger partial charge in [-0.15, -0.1) is 0 Å². The van der Waals surface area contributed by atoms with Crippen LogP contribution in [0.15, 0.2) is 42.5 Å². The number of aromatic nitrogens is 1. The fourth-order valence-corrected chi connectivity index (χ4v) is 2.94. The van der Waals surface area contributed by atoms with Crippen molar-refractivity contribution in [1.82, 2.24) is 9.88 Å². The van der Waals surface area contributed by atoms with Crippen LogP contribution in [0.3, 0.4) is 0 Å². The quantitative estimate of drug-likeness (QED) is 0.810. The molecule has 3 rings (SSSR count). The molecule has 0 unspecified atom stereocenters. The molecule has 2 heterocycles. The van der Waals surface area contributed by atoms with Gasteiger partial charge in [0.15, 0.2) is 0 Å². The Morgan fingerprint density at radius 3 is 2.52 bits per heavy atom. The summed E-state index contributed by atoms with van der Waals surface area (Å²) in [6.45, 7) is 7.26. The summed E-state index contributed by atoms with van der Waals surface area (Å²) in [7, 11) is 0. The van der Waals surface area contributed by atoms with E-state index in [2.05, 4.69) is 46.0 Å². The second-order valence-corrected chi connectivity index (χ2v) is 5.94. The average Bonchev–Trinajstić information content (AvgIpc) is 2.48. The fraction of sp³-hybridized carbons (Fsp3) is 0.353. The van der Waals surface area contributed by atoms with Gasteiger partial charge >= 0.3 is 0 Å². The van der Waals surface area contributed by atoms with E-state index in [9.17, 15) is 0 Å². The first-order valence-electron chi connectivity index (χ1n) is 7.36. The molecule has 0 radical (unpaired) electrons. The van der Waals surface area contributed by atoms with Crippen LogP contribution in [0.5, 0.6) is 0 Å². The van der Waals surface area contributed by atoms with Gasteiger partial charge < -0.3 is 4.90 Å². The summed E-state index contributed by atoms with van der Waals surface area (Å²) in [6.07, 6.45) is 0. The Hall–Kier alpha value is -1.58. The molecule has 0 atom stereocenters. The third-order valence-corrected chi connectivity index (χ3v) is 4.11. The molecule has 0 aliphatic carbocycles. The lowest BCUT2D eigenvalue weighted by atomic mass is 10.2. The second-order valence-electron chi connectivity index (χ2n) is 5.55. The minimum Gasteiger partial charge on any atom is -0.369 e. The number of piperazine rings is 1. The third kappa shape index (κ3) is 3.74. The van der Waals surface area contributed by atoms with Crippen LogP contribution >= 0.6 is 11.6 Å². The average molecular weight is 302 g/mol. The maximum Gasteiger partial charge on any atom is 0.129 e. The van der Waals surface area contributed by atoms with Crippen LogP contribution in [0, 0.1) is 6.92 Å². The highest BCUT2D eigenvalue weighted by molar-refractivity contribution is 6.29. The molecule has 3 nitrogen and oxygen atoms in total. The number of nitrogens with zero attached hydrogens (tertiary/aromatic N) is 3. The summed E-state index contributed by atoms with van der Waals surface area (Å²) < 4.78 is 0. The first-order chi connectivity index (χ1) is 10.2. The number of halogens is 1. The second kappa shape index (κ2) is 6.46. The van der Waals surface area contributed by atoms with Gasteiger partial charge in [0, 0.05) is 38.4 Å². The molecular weight excluding hydrogens is 282 g/mol. The van der Waals surface area contributed by atoms with E-state index in [1.54, 1.807) is 0 Å². The molecule has 0 spiro atoms. The van der Waals surface area contributed by atoms with Gasteiger partial charge in [-0.25, -0.2) is 4.98 Å². The molecule has 0 bridgehead atoms. The van der Waals surface area contributed by atoms with Crippen molar-refractivity contribution in [3.63, 3.8) is 0 Å². The van der Waals surface area contributed by atoms with E-state index in [1.807, 2.05) is 18.2 Å². The maximum atomic E-state index is 5.94. The SMILES string of the molecule is Cc1cccc(N2CCN(Cc3cccc(Cl)n3)CC2)c1. The number of hydrogen-bond acceptors (Lipinski definition) is 3. The minimum absolute atomic E-state index is 0.575. The van der Waals surface area contributed by atoms with Crippen LogP contribution in [0.4, 0.5) is 5.69 Å². The van der Waals surface area contributed by atoms with Gasteiger partial charge in [0.05, 0.1) is 5.69 Å². The van der Waals surface area contributed by atoms with Crippen LogP contribution in [0.1, 0.15) is 11.3 Å². The molecule has 1 aliphatic heterocycles. The number of pyridine rings is 1. The molecule has 1 fully saturated rings. The van der Waals surface area contributed by atoms with Gasteiger partial charge in [0.25, 0.3) is 0 Å². The first kappa shape index (κ1) is 14.4. The summed E-state index contributed by atoms with van der Waals surface area (Å²) >= 11 is 5.94. The predicted molar refractivity (Wildman–Crippen MR) is 87.9 cm³/mol. The van der Waals surface area contributed by atoms with Crippen LogP contribution in [-0.4, -0.2) is 36.1 Å². The topological polar surface area (TPSA) is 19.4 Å². The van der Waals surface area contributed by atoms with Crippen LogP contribution < -0.4 is 4.90 Å². The van der Waals surface area contributed by atoms with Crippen molar-refractivity contribution in [3.8, 4) is 0 Å². The van der Waals surface area contributed by atoms with E-state index in [1.165, 1.54) is 11.3 Å². The molecule has 1 aliphatic rings. The maximum absolute atomic E-state index is 5.94. The molecule has 0 amide bonds. The Morgan fingerprint density at radius 1 is 1.05 bits per heavy atom. The highest BCUT2D eigenvalue weighted by Crippen LogP contribution is 2.18. The number of anilines is 1. The molecule has 1 aromatic carbocycles. The summed E-state index contributed by atoms with van der Waals surface area (Å²) in [5.74, 6) is 0. The molecule has 1 aromatic heterocycles. The van der Waals surface area contributed by atoms with Gasteiger partial charge in [-0.05, 0) is 36.8 Å². The van der Waals surface area contributed by atoms with Gasteiger partial charge in [-0.2, -0.15) is 0 Å². The Labute approximate surface area is 131 Å². The third-order valence-electron chi connectivity index (χ3n) is 3.90. The smallest absolute Gasteiger partial charge is 0.129 e.